The highest BCUT2D eigenvalue weighted by Gasteiger charge is 2.28. The molecule has 0 bridgehead atoms. The molecule has 2 rings (SSSR count). The van der Waals surface area contributed by atoms with Crippen LogP contribution in [0.3, 0.4) is 0 Å². The Balaban J connectivity index is 2.25. The fourth-order valence-corrected chi connectivity index (χ4v) is 2.46. The lowest BCUT2D eigenvalue weighted by molar-refractivity contribution is 0.113. The molecule has 1 aromatic carbocycles. The number of aliphatic hydroxyl groups excluding tert-OH is 1. The van der Waals surface area contributed by atoms with Gasteiger partial charge in [0.05, 0.1) is 0 Å². The molecule has 1 N–H and O–H groups in total. The molecule has 1 atom stereocenters. The van der Waals surface area contributed by atoms with Crippen LogP contribution in [0.1, 0.15) is 18.4 Å². The average Bonchev–Trinajstić information content (AvgIpc) is 2.48. The first-order valence-corrected chi connectivity index (χ1v) is 6.29. The van der Waals surface area contributed by atoms with Crippen molar-refractivity contribution in [3.05, 3.63) is 34.6 Å². The van der Waals surface area contributed by atoms with Crippen LogP contribution in [-0.4, -0.2) is 29.7 Å². The molecule has 0 saturated carbocycles. The van der Waals surface area contributed by atoms with Gasteiger partial charge in [0.1, 0.15) is 0 Å². The van der Waals surface area contributed by atoms with E-state index in [1.54, 1.807) is 4.90 Å². The van der Waals surface area contributed by atoms with E-state index in [-0.39, 0.29) is 19.1 Å². The second-order valence-corrected chi connectivity index (χ2v) is 4.97. The first-order valence-electron chi connectivity index (χ1n) is 6.29. The van der Waals surface area contributed by atoms with Crippen LogP contribution in [-0.2, 0) is 6.54 Å². The molecule has 20 heavy (non-hydrogen) atoms. The van der Waals surface area contributed by atoms with Crippen molar-refractivity contribution >= 4 is 0 Å². The number of hydrogen-bond acceptors (Lipinski definition) is 2. The lowest BCUT2D eigenvalue weighted by Crippen LogP contribution is -2.37. The van der Waals surface area contributed by atoms with E-state index in [1.165, 1.54) is 0 Å². The quantitative estimate of drug-likeness (QED) is 0.526. The van der Waals surface area contributed by atoms with Crippen molar-refractivity contribution in [1.82, 2.24) is 4.90 Å². The fourth-order valence-electron chi connectivity index (χ4n) is 2.46. The molecular formula is C13H14F5NO. The largest absolute Gasteiger partial charge is 0.396 e. The predicted octanol–water partition coefficient (Wildman–Crippen LogP) is 2.59. The summed E-state index contributed by atoms with van der Waals surface area (Å²) in [6.07, 6.45) is 1.49. The number of likely N-dealkylation sites (tertiary alicyclic amines) is 1. The Labute approximate surface area is 112 Å². The molecule has 1 saturated heterocycles. The highest BCUT2D eigenvalue weighted by molar-refractivity contribution is 5.24. The number of benzene rings is 1. The highest BCUT2D eigenvalue weighted by Crippen LogP contribution is 2.26. The summed E-state index contributed by atoms with van der Waals surface area (Å²) >= 11 is 0. The van der Waals surface area contributed by atoms with Gasteiger partial charge in [-0.1, -0.05) is 0 Å². The van der Waals surface area contributed by atoms with Crippen molar-refractivity contribution < 1.29 is 27.1 Å². The van der Waals surface area contributed by atoms with Crippen LogP contribution >= 0.6 is 0 Å². The summed E-state index contributed by atoms with van der Waals surface area (Å²) in [4.78, 5) is 1.59. The van der Waals surface area contributed by atoms with Gasteiger partial charge in [0.15, 0.2) is 23.3 Å². The Morgan fingerprint density at radius 1 is 0.950 bits per heavy atom. The SMILES string of the molecule is OCC1CCCN(Cc2c(F)c(F)c(F)c(F)c2F)C1. The molecule has 1 unspecified atom stereocenters. The number of halogens is 5. The zero-order chi connectivity index (χ0) is 14.9. The third-order valence-corrected chi connectivity index (χ3v) is 3.54. The van der Waals surface area contributed by atoms with Crippen LogP contribution in [0.4, 0.5) is 22.0 Å². The Hall–Kier alpha value is -1.21. The Morgan fingerprint density at radius 2 is 1.50 bits per heavy atom. The molecular weight excluding hydrogens is 281 g/mol. The molecule has 0 spiro atoms. The van der Waals surface area contributed by atoms with Crippen LogP contribution in [0.5, 0.6) is 0 Å². The van der Waals surface area contributed by atoms with E-state index in [2.05, 4.69) is 0 Å². The van der Waals surface area contributed by atoms with E-state index in [0.29, 0.717) is 19.5 Å². The van der Waals surface area contributed by atoms with E-state index >= 15 is 0 Å². The van der Waals surface area contributed by atoms with Gasteiger partial charge in [-0.2, -0.15) is 0 Å². The molecule has 7 heteroatoms. The predicted molar refractivity (Wildman–Crippen MR) is 61.3 cm³/mol. The molecule has 1 aliphatic rings. The lowest BCUT2D eigenvalue weighted by atomic mass is 9.98. The van der Waals surface area contributed by atoms with E-state index < -0.39 is 34.6 Å². The molecule has 1 heterocycles. The van der Waals surface area contributed by atoms with Crippen molar-refractivity contribution in [2.24, 2.45) is 5.92 Å². The minimum atomic E-state index is -2.14. The molecule has 1 aliphatic heterocycles. The third kappa shape index (κ3) is 2.78. The zero-order valence-electron chi connectivity index (χ0n) is 10.6. The standard InChI is InChI=1S/C13H14F5NO/c14-9-8(10(15)12(17)13(18)11(9)16)5-19-3-1-2-7(4-19)6-20/h7,20H,1-6H2. The van der Waals surface area contributed by atoms with E-state index in [9.17, 15) is 22.0 Å². The summed E-state index contributed by atoms with van der Waals surface area (Å²) in [7, 11) is 0. The summed E-state index contributed by atoms with van der Waals surface area (Å²) < 4.78 is 66.2. The number of hydrogen-bond donors (Lipinski definition) is 1. The second-order valence-electron chi connectivity index (χ2n) is 4.97. The molecule has 0 aromatic heterocycles. The molecule has 2 nitrogen and oxygen atoms in total. The molecule has 0 amide bonds. The molecule has 1 fully saturated rings. The molecule has 1 aromatic rings. The van der Waals surface area contributed by atoms with Crippen LogP contribution in [0.15, 0.2) is 0 Å². The minimum Gasteiger partial charge on any atom is -0.396 e. The van der Waals surface area contributed by atoms with Crippen LogP contribution in [0.25, 0.3) is 0 Å². The average molecular weight is 295 g/mol. The maximum absolute atomic E-state index is 13.5. The number of rotatable bonds is 3. The second kappa shape index (κ2) is 6.05. The van der Waals surface area contributed by atoms with Gasteiger partial charge >= 0.3 is 0 Å². The number of nitrogens with zero attached hydrogens (tertiary/aromatic N) is 1. The maximum atomic E-state index is 13.5. The fraction of sp³-hybridized carbons (Fsp3) is 0.538. The Bertz CT molecular complexity index is 479. The third-order valence-electron chi connectivity index (χ3n) is 3.54. The monoisotopic (exact) mass is 295 g/mol. The maximum Gasteiger partial charge on any atom is 0.200 e. The van der Waals surface area contributed by atoms with Gasteiger partial charge in [0, 0.05) is 25.3 Å². The van der Waals surface area contributed by atoms with Crippen molar-refractivity contribution in [1.29, 1.82) is 0 Å². The summed E-state index contributed by atoms with van der Waals surface area (Å²) in [5, 5.41) is 9.06. The topological polar surface area (TPSA) is 23.5 Å². The smallest absolute Gasteiger partial charge is 0.200 e. The first kappa shape index (κ1) is 15.2. The Kier molecular flexibility index (Phi) is 4.59. The molecule has 112 valence electrons. The van der Waals surface area contributed by atoms with E-state index in [0.717, 1.165) is 6.42 Å². The van der Waals surface area contributed by atoms with Crippen LogP contribution in [0.2, 0.25) is 0 Å². The van der Waals surface area contributed by atoms with Gasteiger partial charge < -0.3 is 5.11 Å². The summed E-state index contributed by atoms with van der Waals surface area (Å²) in [5.74, 6) is -9.59. The highest BCUT2D eigenvalue weighted by atomic mass is 19.2. The number of piperidine rings is 1. The van der Waals surface area contributed by atoms with Gasteiger partial charge in [-0.3, -0.25) is 4.90 Å². The van der Waals surface area contributed by atoms with Crippen LogP contribution in [0, 0.1) is 35.0 Å². The van der Waals surface area contributed by atoms with Crippen LogP contribution < -0.4 is 0 Å². The Morgan fingerprint density at radius 3 is 2.05 bits per heavy atom. The number of aliphatic hydroxyl groups is 1. The summed E-state index contributed by atoms with van der Waals surface area (Å²) in [6.45, 7) is 0.446. The van der Waals surface area contributed by atoms with Crippen molar-refractivity contribution in [2.75, 3.05) is 19.7 Å². The van der Waals surface area contributed by atoms with Crippen molar-refractivity contribution in [3.8, 4) is 0 Å². The summed E-state index contributed by atoms with van der Waals surface area (Å²) in [6, 6.07) is 0. The van der Waals surface area contributed by atoms with Gasteiger partial charge in [-0.25, -0.2) is 22.0 Å². The van der Waals surface area contributed by atoms with Crippen molar-refractivity contribution in [2.45, 2.75) is 19.4 Å². The normalized spacial score (nSPS) is 20.4. The van der Waals surface area contributed by atoms with Gasteiger partial charge in [0.2, 0.25) is 5.82 Å². The van der Waals surface area contributed by atoms with E-state index in [1.807, 2.05) is 0 Å². The minimum absolute atomic E-state index is 0.0370. The summed E-state index contributed by atoms with van der Waals surface area (Å²) in [5.41, 5.74) is -0.819. The first-order chi connectivity index (χ1) is 9.45. The van der Waals surface area contributed by atoms with Gasteiger partial charge in [0.25, 0.3) is 0 Å². The van der Waals surface area contributed by atoms with E-state index in [4.69, 9.17) is 5.11 Å². The lowest BCUT2D eigenvalue weighted by Gasteiger charge is -2.31. The van der Waals surface area contributed by atoms with Crippen molar-refractivity contribution in [3.63, 3.8) is 0 Å². The van der Waals surface area contributed by atoms with Gasteiger partial charge in [-0.15, -0.1) is 0 Å². The van der Waals surface area contributed by atoms with Gasteiger partial charge in [-0.05, 0) is 25.3 Å². The molecule has 0 aliphatic carbocycles. The molecule has 0 radical (unpaired) electrons. The zero-order valence-corrected chi connectivity index (χ0v) is 10.6.